The van der Waals surface area contributed by atoms with Crippen molar-refractivity contribution in [1.82, 2.24) is 0 Å². The third-order valence-corrected chi connectivity index (χ3v) is 7.96. The predicted octanol–water partition coefficient (Wildman–Crippen LogP) is 12.5. The van der Waals surface area contributed by atoms with E-state index < -0.39 is 54.4 Å². The van der Waals surface area contributed by atoms with Gasteiger partial charge in [-0.3, -0.25) is 0 Å². The summed E-state index contributed by atoms with van der Waals surface area (Å²) in [6.45, 7) is 0. The molecule has 0 heterocycles. The molecule has 0 saturated heterocycles. The highest BCUT2D eigenvalue weighted by molar-refractivity contribution is 5.90. The molecule has 0 aromatic heterocycles. The van der Waals surface area contributed by atoms with Crippen LogP contribution in [0.15, 0.2) is 188 Å². The van der Waals surface area contributed by atoms with Gasteiger partial charge in [0.2, 0.25) is 0 Å². The van der Waals surface area contributed by atoms with Crippen LogP contribution in [0.1, 0.15) is 12.3 Å². The Kier molecular flexibility index (Phi) is 4.83. The topological polar surface area (TPSA) is 3.24 Å². The summed E-state index contributed by atoms with van der Waals surface area (Å²) in [4.78, 5) is 1.70. The summed E-state index contributed by atoms with van der Waals surface area (Å²) in [6, 6.07) is 38.9. The molecule has 0 atom stereocenters. The number of fused-ring (bicyclic) bond motifs is 2. The van der Waals surface area contributed by atoms with Crippen molar-refractivity contribution in [3.05, 3.63) is 188 Å². The number of anilines is 3. The van der Waals surface area contributed by atoms with Gasteiger partial charge in [-0.2, -0.15) is 0 Å². The first-order valence-corrected chi connectivity index (χ1v) is 14.7. The van der Waals surface area contributed by atoms with Gasteiger partial charge in [0, 0.05) is 17.1 Å². The molecule has 0 amide bonds. The van der Waals surface area contributed by atoms with Gasteiger partial charge in [-0.1, -0.05) is 139 Å². The van der Waals surface area contributed by atoms with Gasteiger partial charge in [0.15, 0.2) is 0 Å². The van der Waals surface area contributed by atoms with E-state index in [9.17, 15) is 5.48 Å². The van der Waals surface area contributed by atoms with E-state index >= 15 is 0 Å². The lowest BCUT2D eigenvalue weighted by Gasteiger charge is -2.27. The van der Waals surface area contributed by atoms with Crippen LogP contribution in [0, 0.1) is 0 Å². The van der Waals surface area contributed by atoms with E-state index in [2.05, 4.69) is 48.5 Å². The van der Waals surface area contributed by atoms with Gasteiger partial charge < -0.3 is 4.90 Å². The molecule has 212 valence electrons. The molecule has 0 fully saturated rings. The largest absolute Gasteiger partial charge is 0.310 e. The molecule has 1 heteroatoms. The smallest absolute Gasteiger partial charge is 0.0645 e. The van der Waals surface area contributed by atoms with Crippen molar-refractivity contribution in [2.45, 2.75) is 0 Å². The van der Waals surface area contributed by atoms with Gasteiger partial charge in [-0.15, -0.1) is 0 Å². The van der Waals surface area contributed by atoms with Crippen molar-refractivity contribution in [3.8, 4) is 33.4 Å². The SMILES string of the molecule is [2H]c1c([2H])c([2H])c(-c2c([2H])c([2H])c(N(c3cccc(-c4ccc5ccccc5c4)c3)c3cccc(-c4ccc5ccccc5c4)c3)c([2H])c2[2H])c([2H])c1[2H]. The quantitative estimate of drug-likeness (QED) is 0.188. The molecule has 45 heavy (non-hydrogen) atoms. The highest BCUT2D eigenvalue weighted by atomic mass is 15.1. The number of rotatable bonds is 6. The second-order valence-electron chi connectivity index (χ2n) is 10.8. The van der Waals surface area contributed by atoms with Crippen LogP contribution in [0.3, 0.4) is 0 Å². The maximum Gasteiger partial charge on any atom is 0.0645 e. The van der Waals surface area contributed by atoms with Crippen LogP contribution in [-0.2, 0) is 0 Å². The Morgan fingerprint density at radius 3 is 1.31 bits per heavy atom. The van der Waals surface area contributed by atoms with Gasteiger partial charge in [0.1, 0.15) is 0 Å². The molecule has 0 aliphatic heterocycles. The molecule has 0 bridgehead atoms. The standard InChI is InChI=1S/C44H31N/c1-2-10-32(11-3-1)35-24-26-42(27-25-35)45(43-18-8-16-38(30-43)40-22-20-33-12-4-6-14-36(33)28-40)44-19-9-17-39(31-44)41-23-21-34-13-5-7-15-37(34)29-41/h1-31H/i1D,2D,3D,10D,11D,24D,25D,26D,27D. The summed E-state index contributed by atoms with van der Waals surface area (Å²) in [5.41, 5.74) is 4.02. The fourth-order valence-corrected chi connectivity index (χ4v) is 5.71. The van der Waals surface area contributed by atoms with E-state index in [1.165, 1.54) is 0 Å². The lowest BCUT2D eigenvalue weighted by Crippen LogP contribution is -2.10. The van der Waals surface area contributed by atoms with Crippen LogP contribution < -0.4 is 4.90 Å². The Labute approximate surface area is 276 Å². The summed E-state index contributed by atoms with van der Waals surface area (Å²) in [7, 11) is 0. The normalized spacial score (nSPS) is 13.9. The molecule has 8 rings (SSSR count). The Hall–Kier alpha value is -5.92. The minimum Gasteiger partial charge on any atom is -0.310 e. The fraction of sp³-hybridized carbons (Fsp3) is 0. The molecule has 8 aromatic rings. The summed E-state index contributed by atoms with van der Waals surface area (Å²) in [6.07, 6.45) is 0. The highest BCUT2D eigenvalue weighted by Crippen LogP contribution is 2.39. The maximum atomic E-state index is 9.37. The Balaban J connectivity index is 1.36. The summed E-state index contributed by atoms with van der Waals surface area (Å²) in [5.74, 6) is 0. The van der Waals surface area contributed by atoms with Crippen LogP contribution in [0.4, 0.5) is 17.1 Å². The molecule has 0 radical (unpaired) electrons. The van der Waals surface area contributed by atoms with Gasteiger partial charge >= 0.3 is 0 Å². The third kappa shape index (κ3) is 5.37. The number of benzene rings is 8. The lowest BCUT2D eigenvalue weighted by molar-refractivity contribution is 1.28. The predicted molar refractivity (Wildman–Crippen MR) is 192 cm³/mol. The first-order valence-electron chi connectivity index (χ1n) is 19.2. The molecular weight excluding hydrogens is 542 g/mol. The van der Waals surface area contributed by atoms with Crippen molar-refractivity contribution in [1.29, 1.82) is 0 Å². The molecule has 0 aliphatic rings. The van der Waals surface area contributed by atoms with Gasteiger partial charge in [-0.25, -0.2) is 0 Å². The monoisotopic (exact) mass is 582 g/mol. The van der Waals surface area contributed by atoms with Crippen molar-refractivity contribution >= 4 is 38.6 Å². The van der Waals surface area contributed by atoms with Crippen molar-refractivity contribution in [2.24, 2.45) is 0 Å². The molecule has 0 saturated carbocycles. The van der Waals surface area contributed by atoms with Crippen LogP contribution in [0.5, 0.6) is 0 Å². The maximum absolute atomic E-state index is 9.37. The first-order chi connectivity index (χ1) is 26.0. The van der Waals surface area contributed by atoms with Crippen molar-refractivity contribution in [3.63, 3.8) is 0 Å². The van der Waals surface area contributed by atoms with Gasteiger partial charge in [0.05, 0.1) is 12.3 Å². The second-order valence-corrected chi connectivity index (χ2v) is 10.8. The van der Waals surface area contributed by atoms with Crippen LogP contribution in [0.2, 0.25) is 0 Å². The molecule has 0 aliphatic carbocycles. The Bertz CT molecular complexity index is 2620. The molecule has 1 nitrogen and oxygen atoms in total. The zero-order chi connectivity index (χ0) is 37.8. The summed E-state index contributed by atoms with van der Waals surface area (Å²) in [5, 5.41) is 4.35. The van der Waals surface area contributed by atoms with Gasteiger partial charge in [-0.05, 0) is 103 Å². The number of hydrogen-bond donors (Lipinski definition) is 0. The average Bonchev–Trinajstić information content (AvgIpc) is 3.21. The zero-order valence-corrected chi connectivity index (χ0v) is 24.1. The Morgan fingerprint density at radius 1 is 0.311 bits per heavy atom. The summed E-state index contributed by atoms with van der Waals surface area (Å²) >= 11 is 0. The van der Waals surface area contributed by atoms with E-state index in [1.807, 2.05) is 84.9 Å². The van der Waals surface area contributed by atoms with E-state index in [0.717, 1.165) is 43.8 Å². The lowest BCUT2D eigenvalue weighted by atomic mass is 9.99. The highest BCUT2D eigenvalue weighted by Gasteiger charge is 2.15. The molecule has 8 aromatic carbocycles. The van der Waals surface area contributed by atoms with E-state index in [1.54, 1.807) is 4.90 Å². The van der Waals surface area contributed by atoms with Crippen LogP contribution in [0.25, 0.3) is 54.9 Å². The minimum atomic E-state index is -0.621. The molecular formula is C44H31N. The first kappa shape index (κ1) is 18.7. The molecule has 0 N–H and O–H groups in total. The van der Waals surface area contributed by atoms with Gasteiger partial charge in [0.25, 0.3) is 0 Å². The summed E-state index contributed by atoms with van der Waals surface area (Å²) < 4.78 is 78.6. The number of hydrogen-bond acceptors (Lipinski definition) is 1. The van der Waals surface area contributed by atoms with Crippen LogP contribution in [-0.4, -0.2) is 0 Å². The fourth-order valence-electron chi connectivity index (χ4n) is 5.71. The average molecular weight is 583 g/mol. The van der Waals surface area contributed by atoms with Crippen molar-refractivity contribution < 1.29 is 12.3 Å². The molecule has 0 unspecified atom stereocenters. The second kappa shape index (κ2) is 11.6. The minimum absolute atomic E-state index is 0.0487. The zero-order valence-electron chi connectivity index (χ0n) is 33.1. The third-order valence-electron chi connectivity index (χ3n) is 7.96. The van der Waals surface area contributed by atoms with E-state index in [4.69, 9.17) is 6.85 Å². The number of nitrogens with zero attached hydrogens (tertiary/aromatic N) is 1. The van der Waals surface area contributed by atoms with E-state index in [-0.39, 0.29) is 16.8 Å². The molecule has 0 spiro atoms. The Morgan fingerprint density at radius 2 is 0.778 bits per heavy atom. The van der Waals surface area contributed by atoms with Crippen molar-refractivity contribution in [2.75, 3.05) is 4.90 Å². The van der Waals surface area contributed by atoms with Crippen LogP contribution >= 0.6 is 0 Å². The van der Waals surface area contributed by atoms with E-state index in [0.29, 0.717) is 11.4 Å².